The summed E-state index contributed by atoms with van der Waals surface area (Å²) in [6.45, 7) is 4.20. The van der Waals surface area contributed by atoms with Gasteiger partial charge in [-0.25, -0.2) is 9.59 Å². The molecule has 0 amide bonds. The highest BCUT2D eigenvalue weighted by Crippen LogP contribution is 2.05. The lowest BCUT2D eigenvalue weighted by atomic mass is 10.1. The molecule has 1 rings (SSSR count). The Morgan fingerprint density at radius 1 is 1.05 bits per heavy atom. The molecule has 0 aliphatic rings. The molecule has 0 bridgehead atoms. The first-order valence-electron chi connectivity index (χ1n) is 7.17. The van der Waals surface area contributed by atoms with E-state index in [9.17, 15) is 9.59 Å². The molecule has 3 N–H and O–H groups in total. The van der Waals surface area contributed by atoms with Crippen molar-refractivity contribution in [3.63, 3.8) is 0 Å². The fraction of sp³-hybridized carbons (Fsp3) is 0.500. The summed E-state index contributed by atoms with van der Waals surface area (Å²) >= 11 is 0. The van der Waals surface area contributed by atoms with E-state index in [4.69, 9.17) is 15.3 Å². The van der Waals surface area contributed by atoms with Crippen LogP contribution in [0.4, 0.5) is 0 Å². The van der Waals surface area contributed by atoms with Crippen LogP contribution in [0.1, 0.15) is 66.7 Å². The van der Waals surface area contributed by atoms with Crippen molar-refractivity contribution in [3.8, 4) is 0 Å². The molecule has 0 aliphatic carbocycles. The maximum Gasteiger partial charge on any atom is 0.335 e. The second kappa shape index (κ2) is 10.9. The van der Waals surface area contributed by atoms with E-state index >= 15 is 0 Å². The fourth-order valence-corrected chi connectivity index (χ4v) is 1.62. The van der Waals surface area contributed by atoms with Crippen LogP contribution in [-0.2, 0) is 0 Å². The quantitative estimate of drug-likeness (QED) is 0.670. The van der Waals surface area contributed by atoms with Gasteiger partial charge in [-0.05, 0) is 31.0 Å². The lowest BCUT2D eigenvalue weighted by Crippen LogP contribution is -2.02. The van der Waals surface area contributed by atoms with E-state index in [1.165, 1.54) is 37.5 Å². The summed E-state index contributed by atoms with van der Waals surface area (Å²) in [6.07, 6.45) is 5.55. The van der Waals surface area contributed by atoms with E-state index in [-0.39, 0.29) is 17.2 Å². The minimum atomic E-state index is -1.13. The van der Waals surface area contributed by atoms with E-state index in [1.807, 2.05) is 6.92 Å². The molecule has 0 saturated heterocycles. The SMILES string of the molecule is CCCCCC(O)CC.O=C(O)c1cccc(C(=O)O)c1. The van der Waals surface area contributed by atoms with Crippen LogP contribution >= 0.6 is 0 Å². The predicted octanol–water partition coefficient (Wildman–Crippen LogP) is 3.42. The van der Waals surface area contributed by atoms with Crippen LogP contribution in [0, 0.1) is 0 Å². The van der Waals surface area contributed by atoms with Gasteiger partial charge < -0.3 is 15.3 Å². The van der Waals surface area contributed by atoms with Crippen LogP contribution in [0.25, 0.3) is 0 Å². The number of hydrogen-bond acceptors (Lipinski definition) is 3. The molecule has 0 radical (unpaired) electrons. The van der Waals surface area contributed by atoms with Crippen molar-refractivity contribution >= 4 is 11.9 Å². The highest BCUT2D eigenvalue weighted by molar-refractivity contribution is 5.93. The normalized spacial score (nSPS) is 11.2. The monoisotopic (exact) mass is 296 g/mol. The molecule has 0 saturated carbocycles. The van der Waals surface area contributed by atoms with Gasteiger partial charge in [0.1, 0.15) is 0 Å². The third-order valence-electron chi connectivity index (χ3n) is 2.97. The minimum absolute atomic E-state index is 0.0186. The predicted molar refractivity (Wildman–Crippen MR) is 80.8 cm³/mol. The summed E-state index contributed by atoms with van der Waals surface area (Å²) < 4.78 is 0. The first kappa shape index (κ1) is 19.1. The molecule has 5 nitrogen and oxygen atoms in total. The Bertz CT molecular complexity index is 413. The number of rotatable bonds is 7. The van der Waals surface area contributed by atoms with Gasteiger partial charge in [-0.2, -0.15) is 0 Å². The number of aliphatic hydroxyl groups excluding tert-OH is 1. The average molecular weight is 296 g/mol. The number of unbranched alkanes of at least 4 members (excludes halogenated alkanes) is 2. The van der Waals surface area contributed by atoms with Crippen LogP contribution in [0.15, 0.2) is 24.3 Å². The topological polar surface area (TPSA) is 94.8 Å². The van der Waals surface area contributed by atoms with Gasteiger partial charge in [0, 0.05) is 0 Å². The second-order valence-corrected chi connectivity index (χ2v) is 4.75. The van der Waals surface area contributed by atoms with E-state index in [0.717, 1.165) is 18.9 Å². The zero-order valence-electron chi connectivity index (χ0n) is 12.6. The van der Waals surface area contributed by atoms with Gasteiger partial charge in [-0.3, -0.25) is 0 Å². The minimum Gasteiger partial charge on any atom is -0.478 e. The van der Waals surface area contributed by atoms with Gasteiger partial charge in [0.15, 0.2) is 0 Å². The summed E-state index contributed by atoms with van der Waals surface area (Å²) in [6, 6.07) is 5.20. The molecule has 1 unspecified atom stereocenters. The molecule has 0 spiro atoms. The Balaban J connectivity index is 0.000000400. The van der Waals surface area contributed by atoms with Crippen molar-refractivity contribution in [2.45, 2.75) is 52.1 Å². The van der Waals surface area contributed by atoms with E-state index in [0.29, 0.717) is 0 Å². The summed E-state index contributed by atoms with van der Waals surface area (Å²) in [4.78, 5) is 20.8. The van der Waals surface area contributed by atoms with Gasteiger partial charge in [-0.1, -0.05) is 39.2 Å². The number of hydrogen-bond donors (Lipinski definition) is 3. The molecule has 0 heterocycles. The summed E-state index contributed by atoms with van der Waals surface area (Å²) in [5.74, 6) is -2.25. The number of carboxylic acid groups (broad SMARTS) is 2. The van der Waals surface area contributed by atoms with Crippen LogP contribution in [0.3, 0.4) is 0 Å². The maximum atomic E-state index is 10.4. The van der Waals surface area contributed by atoms with E-state index in [2.05, 4.69) is 6.92 Å². The molecule has 21 heavy (non-hydrogen) atoms. The molecule has 1 atom stereocenters. The van der Waals surface area contributed by atoms with Crippen LogP contribution in [-0.4, -0.2) is 33.4 Å². The lowest BCUT2D eigenvalue weighted by Gasteiger charge is -2.04. The Hall–Kier alpha value is -1.88. The molecule has 0 fully saturated rings. The van der Waals surface area contributed by atoms with Crippen molar-refractivity contribution in [1.29, 1.82) is 0 Å². The Morgan fingerprint density at radius 3 is 1.95 bits per heavy atom. The summed E-state index contributed by atoms with van der Waals surface area (Å²) in [5.41, 5.74) is -0.0372. The number of carboxylic acids is 2. The molecule has 1 aromatic carbocycles. The third-order valence-corrected chi connectivity index (χ3v) is 2.97. The first-order chi connectivity index (χ1) is 9.92. The molecule has 1 aromatic rings. The van der Waals surface area contributed by atoms with Crippen molar-refractivity contribution in [2.75, 3.05) is 0 Å². The van der Waals surface area contributed by atoms with Crippen molar-refractivity contribution in [3.05, 3.63) is 35.4 Å². The van der Waals surface area contributed by atoms with Crippen molar-refractivity contribution in [1.82, 2.24) is 0 Å². The number of aromatic carboxylic acids is 2. The Morgan fingerprint density at radius 2 is 1.57 bits per heavy atom. The van der Waals surface area contributed by atoms with Gasteiger partial charge in [-0.15, -0.1) is 0 Å². The largest absolute Gasteiger partial charge is 0.478 e. The van der Waals surface area contributed by atoms with E-state index in [1.54, 1.807) is 0 Å². The molecule has 0 aliphatic heterocycles. The van der Waals surface area contributed by atoms with Gasteiger partial charge in [0.25, 0.3) is 0 Å². The second-order valence-electron chi connectivity index (χ2n) is 4.75. The third kappa shape index (κ3) is 8.81. The lowest BCUT2D eigenvalue weighted by molar-refractivity contribution is 0.0696. The van der Waals surface area contributed by atoms with Gasteiger partial charge >= 0.3 is 11.9 Å². The highest BCUT2D eigenvalue weighted by atomic mass is 16.4. The maximum absolute atomic E-state index is 10.4. The van der Waals surface area contributed by atoms with Crippen molar-refractivity contribution in [2.24, 2.45) is 0 Å². The molecule has 5 heteroatoms. The Labute approximate surface area is 125 Å². The zero-order chi connectivity index (χ0) is 16.3. The number of benzene rings is 1. The average Bonchev–Trinajstić information content (AvgIpc) is 2.48. The van der Waals surface area contributed by atoms with Crippen LogP contribution < -0.4 is 0 Å². The standard InChI is InChI=1S/C8H6O4.C8H18O/c9-7(10)5-2-1-3-6(4-5)8(11)12;1-3-5-6-7-8(9)4-2/h1-4H,(H,9,10)(H,11,12);8-9H,3-7H2,1-2H3. The highest BCUT2D eigenvalue weighted by Gasteiger charge is 2.06. The zero-order valence-corrected chi connectivity index (χ0v) is 12.6. The van der Waals surface area contributed by atoms with Crippen LogP contribution in [0.5, 0.6) is 0 Å². The summed E-state index contributed by atoms with van der Waals surface area (Å²) in [5, 5.41) is 26.1. The Kier molecular flexibility index (Phi) is 9.88. The molecular weight excluding hydrogens is 272 g/mol. The van der Waals surface area contributed by atoms with Gasteiger partial charge in [0.05, 0.1) is 17.2 Å². The number of carbonyl (C=O) groups is 2. The number of aliphatic hydroxyl groups is 1. The van der Waals surface area contributed by atoms with Crippen LogP contribution in [0.2, 0.25) is 0 Å². The van der Waals surface area contributed by atoms with Gasteiger partial charge in [0.2, 0.25) is 0 Å². The molecule has 118 valence electrons. The smallest absolute Gasteiger partial charge is 0.335 e. The summed E-state index contributed by atoms with van der Waals surface area (Å²) in [7, 11) is 0. The molecular formula is C16H24O5. The van der Waals surface area contributed by atoms with E-state index < -0.39 is 11.9 Å². The first-order valence-corrected chi connectivity index (χ1v) is 7.17. The molecule has 0 aromatic heterocycles. The van der Waals surface area contributed by atoms with Crippen molar-refractivity contribution < 1.29 is 24.9 Å². The fourth-order valence-electron chi connectivity index (χ4n) is 1.62.